The average molecular weight is 487 g/mol. The van der Waals surface area contributed by atoms with Gasteiger partial charge in [0.2, 0.25) is 5.82 Å². The van der Waals surface area contributed by atoms with Crippen LogP contribution in [-0.2, 0) is 13.0 Å². The molecule has 4 rings (SSSR count). The van der Waals surface area contributed by atoms with Crippen molar-refractivity contribution in [1.82, 2.24) is 4.90 Å². The summed E-state index contributed by atoms with van der Waals surface area (Å²) in [5.74, 6) is -9.84. The summed E-state index contributed by atoms with van der Waals surface area (Å²) in [6.45, 7) is -0.438. The molecule has 1 aliphatic carbocycles. The molecule has 10 heteroatoms. The van der Waals surface area contributed by atoms with Gasteiger partial charge in [0.15, 0.2) is 40.6 Å². The van der Waals surface area contributed by atoms with Crippen LogP contribution in [-0.4, -0.2) is 43.7 Å². The maximum atomic E-state index is 15.6. The highest BCUT2D eigenvalue weighted by molar-refractivity contribution is 6.03. The van der Waals surface area contributed by atoms with Gasteiger partial charge in [0.25, 0.3) is 0 Å². The fraction of sp³-hybridized carbons (Fsp3) is 0.458. The average Bonchev–Trinajstić information content (AvgIpc) is 3.13. The number of halogens is 6. The van der Waals surface area contributed by atoms with Gasteiger partial charge in [-0.25, -0.2) is 26.3 Å². The van der Waals surface area contributed by atoms with Crippen molar-refractivity contribution < 1.29 is 40.6 Å². The summed E-state index contributed by atoms with van der Waals surface area (Å²) in [4.78, 5) is 14.3. The number of fused-ring (bicyclic) bond motifs is 1. The zero-order chi connectivity index (χ0) is 24.8. The molecule has 1 saturated heterocycles. The number of alkyl halides is 1. The molecule has 2 aromatic carbocycles. The summed E-state index contributed by atoms with van der Waals surface area (Å²) >= 11 is 0. The lowest BCUT2D eigenvalue weighted by Gasteiger charge is -2.37. The van der Waals surface area contributed by atoms with Crippen LogP contribution in [0.3, 0.4) is 0 Å². The molecular weight excluding hydrogens is 464 g/mol. The number of piperidine rings is 1. The lowest BCUT2D eigenvalue weighted by Crippen LogP contribution is -2.43. The predicted octanol–water partition coefficient (Wildman–Crippen LogP) is 5.15. The Morgan fingerprint density at radius 3 is 2.00 bits per heavy atom. The molecule has 2 aromatic rings. The van der Waals surface area contributed by atoms with Gasteiger partial charge in [0.05, 0.1) is 14.2 Å². The predicted molar refractivity (Wildman–Crippen MR) is 110 cm³/mol. The number of nitrogens with zero attached hydrogens (tertiary/aromatic N) is 1. The van der Waals surface area contributed by atoms with Gasteiger partial charge < -0.3 is 9.47 Å². The molecule has 1 atom stereocenters. The third-order valence-corrected chi connectivity index (χ3v) is 6.76. The van der Waals surface area contributed by atoms with E-state index in [9.17, 15) is 26.7 Å². The summed E-state index contributed by atoms with van der Waals surface area (Å²) in [6.07, 6.45) is 0.264. The molecule has 1 aliphatic heterocycles. The van der Waals surface area contributed by atoms with Crippen molar-refractivity contribution in [2.75, 3.05) is 27.3 Å². The van der Waals surface area contributed by atoms with E-state index >= 15 is 4.39 Å². The van der Waals surface area contributed by atoms with Crippen LogP contribution < -0.4 is 9.47 Å². The highest BCUT2D eigenvalue weighted by Gasteiger charge is 2.42. The number of Topliss-reactive ketones (excluding diaryl/α,β-unsaturated/α-hetero) is 1. The molecule has 0 N–H and O–H groups in total. The molecule has 0 radical (unpaired) electrons. The monoisotopic (exact) mass is 487 g/mol. The third kappa shape index (κ3) is 4.23. The van der Waals surface area contributed by atoms with E-state index in [1.165, 1.54) is 19.1 Å². The molecule has 1 heterocycles. The highest BCUT2D eigenvalue weighted by Crippen LogP contribution is 2.42. The lowest BCUT2D eigenvalue weighted by molar-refractivity contribution is 0.0328. The van der Waals surface area contributed by atoms with Crippen LogP contribution in [0.4, 0.5) is 26.3 Å². The van der Waals surface area contributed by atoms with Crippen molar-refractivity contribution in [3.8, 4) is 11.5 Å². The summed E-state index contributed by atoms with van der Waals surface area (Å²) in [5.41, 5.74) is -1.41. The molecule has 0 spiro atoms. The van der Waals surface area contributed by atoms with Crippen LogP contribution >= 0.6 is 0 Å². The van der Waals surface area contributed by atoms with Gasteiger partial charge in [-0.1, -0.05) is 0 Å². The number of rotatable bonds is 6. The van der Waals surface area contributed by atoms with E-state index in [-0.39, 0.29) is 38.1 Å². The van der Waals surface area contributed by atoms with Crippen LogP contribution in [0.25, 0.3) is 0 Å². The van der Waals surface area contributed by atoms with Crippen LogP contribution in [0, 0.1) is 35.0 Å². The highest BCUT2D eigenvalue weighted by atomic mass is 19.2. The Bertz CT molecular complexity index is 1100. The molecule has 2 aliphatic rings. The Kier molecular flexibility index (Phi) is 6.54. The molecule has 4 nitrogen and oxygen atoms in total. The number of hydrogen-bond donors (Lipinski definition) is 0. The third-order valence-electron chi connectivity index (χ3n) is 6.76. The fourth-order valence-electron chi connectivity index (χ4n) is 4.83. The van der Waals surface area contributed by atoms with E-state index in [2.05, 4.69) is 0 Å². The quantitative estimate of drug-likeness (QED) is 0.321. The van der Waals surface area contributed by atoms with Gasteiger partial charge in [0, 0.05) is 36.7 Å². The first-order chi connectivity index (χ1) is 16.1. The number of hydrogen-bond acceptors (Lipinski definition) is 4. The topological polar surface area (TPSA) is 38.8 Å². The van der Waals surface area contributed by atoms with Gasteiger partial charge in [-0.3, -0.25) is 9.69 Å². The number of carbonyl (C=O) groups is 1. The maximum absolute atomic E-state index is 15.6. The zero-order valence-corrected chi connectivity index (χ0v) is 18.6. The van der Waals surface area contributed by atoms with Crippen molar-refractivity contribution in [2.45, 2.75) is 37.9 Å². The van der Waals surface area contributed by atoms with E-state index in [0.717, 1.165) is 5.56 Å². The number of ketones is 1. The summed E-state index contributed by atoms with van der Waals surface area (Å²) in [6, 6.07) is 3.30. The molecule has 0 saturated carbocycles. The molecule has 1 fully saturated rings. The minimum absolute atomic E-state index is 0.0263. The Morgan fingerprint density at radius 2 is 1.44 bits per heavy atom. The SMILES string of the molecule is COc1cc2c(cc1OC)C(=O)C(CC1(F)CCN(Cc3c(F)c(F)c(F)c(F)c3F)CC1)C2. The van der Waals surface area contributed by atoms with Gasteiger partial charge >= 0.3 is 0 Å². The van der Waals surface area contributed by atoms with E-state index < -0.39 is 52.8 Å². The number of ether oxygens (including phenoxy) is 2. The van der Waals surface area contributed by atoms with Crippen molar-refractivity contribution in [1.29, 1.82) is 0 Å². The number of carbonyl (C=O) groups excluding carboxylic acids is 1. The first-order valence-corrected chi connectivity index (χ1v) is 10.8. The molecule has 1 unspecified atom stereocenters. The van der Waals surface area contributed by atoms with Crippen molar-refractivity contribution in [2.24, 2.45) is 5.92 Å². The second kappa shape index (κ2) is 9.13. The Labute approximate surface area is 192 Å². The minimum Gasteiger partial charge on any atom is -0.493 e. The molecule has 34 heavy (non-hydrogen) atoms. The Morgan fingerprint density at radius 1 is 0.912 bits per heavy atom. The normalized spacial score (nSPS) is 19.9. The standard InChI is InChI=1S/C24H23F6NO3/c1-33-16-8-12-7-13(23(32)14(12)9-17(16)34-2)10-24(30)3-5-31(6-4-24)11-15-18(25)20(27)22(29)21(28)19(15)26/h8-9,13H,3-7,10-11H2,1-2H3. The fourth-order valence-corrected chi connectivity index (χ4v) is 4.83. The Balaban J connectivity index is 1.42. The van der Waals surface area contributed by atoms with Crippen molar-refractivity contribution in [3.63, 3.8) is 0 Å². The van der Waals surface area contributed by atoms with Crippen molar-refractivity contribution in [3.05, 3.63) is 57.9 Å². The van der Waals surface area contributed by atoms with E-state index in [1.807, 2.05) is 0 Å². The van der Waals surface area contributed by atoms with Crippen LogP contribution in [0.15, 0.2) is 12.1 Å². The minimum atomic E-state index is -2.21. The summed E-state index contributed by atoms with van der Waals surface area (Å²) < 4.78 is 94.3. The second-order valence-electron chi connectivity index (χ2n) is 8.81. The van der Waals surface area contributed by atoms with Gasteiger partial charge in [-0.2, -0.15) is 0 Å². The van der Waals surface area contributed by atoms with Crippen LogP contribution in [0.5, 0.6) is 11.5 Å². The second-order valence-corrected chi connectivity index (χ2v) is 8.81. The first-order valence-electron chi connectivity index (χ1n) is 10.8. The van der Waals surface area contributed by atoms with Crippen LogP contribution in [0.2, 0.25) is 0 Å². The summed E-state index contributed by atoms with van der Waals surface area (Å²) in [5, 5.41) is 0. The number of likely N-dealkylation sites (tertiary alicyclic amines) is 1. The molecule has 0 aromatic heterocycles. The van der Waals surface area contributed by atoms with E-state index in [0.29, 0.717) is 23.5 Å². The van der Waals surface area contributed by atoms with Gasteiger partial charge in [0.1, 0.15) is 5.67 Å². The van der Waals surface area contributed by atoms with Gasteiger partial charge in [-0.05, 0) is 43.4 Å². The number of benzene rings is 2. The molecule has 0 bridgehead atoms. The lowest BCUT2D eigenvalue weighted by atomic mass is 9.82. The molecule has 184 valence electrons. The Hall–Kier alpha value is -2.75. The van der Waals surface area contributed by atoms with Crippen LogP contribution in [0.1, 0.15) is 40.7 Å². The first kappa shape index (κ1) is 24.4. The van der Waals surface area contributed by atoms with Crippen molar-refractivity contribution >= 4 is 5.78 Å². The summed E-state index contributed by atoms with van der Waals surface area (Å²) in [7, 11) is 2.94. The molecule has 0 amide bonds. The smallest absolute Gasteiger partial charge is 0.200 e. The van der Waals surface area contributed by atoms with Gasteiger partial charge in [-0.15, -0.1) is 0 Å². The molecular formula is C24H23F6NO3. The maximum Gasteiger partial charge on any atom is 0.200 e. The van der Waals surface area contributed by atoms with E-state index in [1.54, 1.807) is 12.1 Å². The zero-order valence-electron chi connectivity index (χ0n) is 18.6. The largest absolute Gasteiger partial charge is 0.493 e. The van der Waals surface area contributed by atoms with E-state index in [4.69, 9.17) is 9.47 Å². The number of methoxy groups -OCH3 is 2.